The number of hydrogen-bond donors (Lipinski definition) is 1. The summed E-state index contributed by atoms with van der Waals surface area (Å²) in [6.45, 7) is 1.91. The van der Waals surface area contributed by atoms with E-state index in [0.29, 0.717) is 0 Å². The first kappa shape index (κ1) is 6.84. The molecule has 0 aliphatic carbocycles. The maximum Gasteiger partial charge on any atom is 0.115 e. The van der Waals surface area contributed by atoms with Gasteiger partial charge in [-0.25, -0.2) is 0 Å². The maximum atomic E-state index is 8.58. The molecule has 9 heavy (non-hydrogen) atoms. The fraction of sp³-hybridized carbons (Fsp3) is 0.667. The molecule has 0 saturated carbocycles. The molecule has 2 atom stereocenters. The molecule has 3 heteroatoms. The third-order valence-corrected chi connectivity index (χ3v) is 1.40. The maximum absolute atomic E-state index is 8.58. The average Bonchev–Trinajstić information content (AvgIpc) is 2.13. The number of rotatable bonds is 1. The van der Waals surface area contributed by atoms with Gasteiger partial charge in [0.05, 0.1) is 12.7 Å². The van der Waals surface area contributed by atoms with Crippen molar-refractivity contribution in [1.29, 1.82) is 0 Å². The summed E-state index contributed by atoms with van der Waals surface area (Å²) < 4.78 is 5.06. The Labute approximate surface area is 55.9 Å². The topological polar surface area (TPSA) is 29.5 Å². The Morgan fingerprint density at radius 3 is 2.78 bits per heavy atom. The van der Waals surface area contributed by atoms with Gasteiger partial charge in [0.25, 0.3) is 0 Å². The van der Waals surface area contributed by atoms with Crippen LogP contribution in [0.25, 0.3) is 0 Å². The van der Waals surface area contributed by atoms with Crippen LogP contribution in [0.3, 0.4) is 0 Å². The largest absolute Gasteiger partial charge is 0.393 e. The lowest BCUT2D eigenvalue weighted by atomic mass is 9.94. The fourth-order valence-electron chi connectivity index (χ4n) is 0.819. The van der Waals surface area contributed by atoms with E-state index in [1.165, 1.54) is 0 Å². The molecule has 0 spiro atoms. The first-order chi connectivity index (χ1) is 4.24. The van der Waals surface area contributed by atoms with Crippen molar-refractivity contribution in [1.82, 2.24) is 0 Å². The van der Waals surface area contributed by atoms with Crippen LogP contribution in [-0.4, -0.2) is 31.7 Å². The van der Waals surface area contributed by atoms with Gasteiger partial charge in [0, 0.05) is 6.00 Å². The van der Waals surface area contributed by atoms with E-state index in [2.05, 4.69) is 0 Å². The van der Waals surface area contributed by atoms with Gasteiger partial charge in [0.2, 0.25) is 0 Å². The van der Waals surface area contributed by atoms with Gasteiger partial charge < -0.3 is 9.84 Å². The van der Waals surface area contributed by atoms with Crippen molar-refractivity contribution in [3.63, 3.8) is 0 Å². The highest BCUT2D eigenvalue weighted by molar-refractivity contribution is 6.13. The first-order valence-electron chi connectivity index (χ1n) is 2.94. The summed E-state index contributed by atoms with van der Waals surface area (Å²) in [6.07, 6.45) is 1.66. The van der Waals surface area contributed by atoms with E-state index in [-0.39, 0.29) is 18.7 Å². The molecular weight excluding hydrogens is 115 g/mol. The van der Waals surface area contributed by atoms with Crippen molar-refractivity contribution in [3.05, 3.63) is 11.6 Å². The lowest BCUT2D eigenvalue weighted by Gasteiger charge is -2.07. The lowest BCUT2D eigenvalue weighted by Crippen LogP contribution is -2.16. The molecule has 0 fully saturated rings. The Morgan fingerprint density at radius 1 is 1.89 bits per heavy atom. The highest BCUT2D eigenvalue weighted by atomic mass is 16.5. The molecule has 0 bridgehead atoms. The highest BCUT2D eigenvalue weighted by Crippen LogP contribution is 2.15. The van der Waals surface area contributed by atoms with Crippen molar-refractivity contribution in [3.8, 4) is 0 Å². The Balaban J connectivity index is 2.52. The van der Waals surface area contributed by atoms with Crippen LogP contribution < -0.4 is 0 Å². The van der Waals surface area contributed by atoms with Crippen LogP contribution in [-0.2, 0) is 4.74 Å². The molecular formula is C6H9BO2. The van der Waals surface area contributed by atoms with Crippen LogP contribution in [0.1, 0.15) is 6.92 Å². The molecule has 0 amide bonds. The van der Waals surface area contributed by atoms with Crippen LogP contribution in [0.4, 0.5) is 0 Å². The molecule has 2 radical (unpaired) electrons. The van der Waals surface area contributed by atoms with E-state index in [9.17, 15) is 0 Å². The second-order valence-electron chi connectivity index (χ2n) is 2.19. The summed E-state index contributed by atoms with van der Waals surface area (Å²) >= 11 is 0. The van der Waals surface area contributed by atoms with Gasteiger partial charge in [-0.15, -0.1) is 0 Å². The fourth-order valence-corrected chi connectivity index (χ4v) is 0.819. The normalized spacial score (nSPS) is 34.7. The van der Waals surface area contributed by atoms with Gasteiger partial charge in [-0.1, -0.05) is 11.6 Å². The number of ether oxygens (including phenoxy) is 1. The zero-order chi connectivity index (χ0) is 6.85. The van der Waals surface area contributed by atoms with Crippen molar-refractivity contribution in [2.24, 2.45) is 0 Å². The summed E-state index contributed by atoms with van der Waals surface area (Å²) in [5, 5.41) is 8.58. The smallest absolute Gasteiger partial charge is 0.115 e. The number of hydrogen-bond acceptors (Lipinski definition) is 2. The molecule has 0 aromatic heterocycles. The van der Waals surface area contributed by atoms with Gasteiger partial charge in [-0.05, 0) is 6.92 Å². The van der Waals surface area contributed by atoms with E-state index >= 15 is 0 Å². The minimum atomic E-state index is -0.304. The third kappa shape index (κ3) is 1.34. The highest BCUT2D eigenvalue weighted by Gasteiger charge is 2.18. The van der Waals surface area contributed by atoms with Crippen molar-refractivity contribution in [2.75, 3.05) is 6.61 Å². The van der Waals surface area contributed by atoms with Gasteiger partial charge >= 0.3 is 0 Å². The molecule has 1 heterocycles. The van der Waals surface area contributed by atoms with Crippen molar-refractivity contribution in [2.45, 2.75) is 19.0 Å². The van der Waals surface area contributed by atoms with Gasteiger partial charge in [-0.2, -0.15) is 0 Å². The molecule has 0 saturated heterocycles. The second-order valence-corrected chi connectivity index (χ2v) is 2.19. The van der Waals surface area contributed by atoms with Crippen LogP contribution in [0, 0.1) is 0 Å². The Hall–Kier alpha value is -0.275. The SMILES string of the molecule is [B][C@@H]1O[C@H](CO)C=C1C. The average molecular weight is 124 g/mol. The monoisotopic (exact) mass is 124 g/mol. The second kappa shape index (κ2) is 2.54. The van der Waals surface area contributed by atoms with Crippen molar-refractivity contribution < 1.29 is 9.84 Å². The Kier molecular flexibility index (Phi) is 1.93. The molecule has 0 unspecified atom stereocenters. The molecule has 2 nitrogen and oxygen atoms in total. The summed E-state index contributed by atoms with van der Waals surface area (Å²) in [5.41, 5.74) is 0.994. The number of aliphatic hydroxyl groups is 1. The van der Waals surface area contributed by atoms with E-state index < -0.39 is 0 Å². The first-order valence-corrected chi connectivity index (χ1v) is 2.94. The minimum Gasteiger partial charge on any atom is -0.393 e. The molecule has 1 aliphatic heterocycles. The molecule has 48 valence electrons. The summed E-state index contributed by atoms with van der Waals surface area (Å²) in [4.78, 5) is 0. The number of aliphatic hydroxyl groups excluding tert-OH is 1. The van der Waals surface area contributed by atoms with E-state index in [4.69, 9.17) is 17.7 Å². The molecule has 0 aromatic carbocycles. The van der Waals surface area contributed by atoms with Gasteiger partial charge in [0.1, 0.15) is 7.85 Å². The van der Waals surface area contributed by atoms with Crippen LogP contribution in [0.5, 0.6) is 0 Å². The Bertz CT molecular complexity index is 133. The molecule has 0 aromatic rings. The molecule has 1 rings (SSSR count). The van der Waals surface area contributed by atoms with Crippen LogP contribution >= 0.6 is 0 Å². The zero-order valence-corrected chi connectivity index (χ0v) is 5.37. The summed E-state index contributed by atoms with van der Waals surface area (Å²) in [7, 11) is 5.44. The Morgan fingerprint density at radius 2 is 2.56 bits per heavy atom. The standard InChI is InChI=1S/C6H9BO2/c1-4-2-5(3-8)9-6(4)7/h2,5-6,8H,3H2,1H3/t5-,6+/m0/s1. The quantitative estimate of drug-likeness (QED) is 0.388. The summed E-state index contributed by atoms with van der Waals surface area (Å²) in [5.74, 6) is 0. The predicted molar refractivity (Wildman–Crippen MR) is 35.3 cm³/mol. The van der Waals surface area contributed by atoms with Crippen LogP contribution in [0.15, 0.2) is 11.6 Å². The van der Waals surface area contributed by atoms with Crippen molar-refractivity contribution >= 4 is 7.85 Å². The third-order valence-electron chi connectivity index (χ3n) is 1.40. The van der Waals surface area contributed by atoms with E-state index in [0.717, 1.165) is 5.57 Å². The molecule has 1 N–H and O–H groups in total. The van der Waals surface area contributed by atoms with Crippen LogP contribution in [0.2, 0.25) is 0 Å². The van der Waals surface area contributed by atoms with Gasteiger partial charge in [-0.3, -0.25) is 0 Å². The van der Waals surface area contributed by atoms with E-state index in [1.54, 1.807) is 0 Å². The van der Waals surface area contributed by atoms with Gasteiger partial charge in [0.15, 0.2) is 0 Å². The predicted octanol–water partition coefficient (Wildman–Crippen LogP) is -0.182. The lowest BCUT2D eigenvalue weighted by molar-refractivity contribution is 0.0559. The van der Waals surface area contributed by atoms with E-state index in [1.807, 2.05) is 13.0 Å². The zero-order valence-electron chi connectivity index (χ0n) is 5.37. The minimum absolute atomic E-state index is 0.0189. The summed E-state index contributed by atoms with van der Waals surface area (Å²) in [6, 6.07) is -0.304. The molecule has 1 aliphatic rings.